The third kappa shape index (κ3) is 3.00. The number of hydrogen-bond donors (Lipinski definition) is 2. The maximum absolute atomic E-state index is 11.9. The van der Waals surface area contributed by atoms with Crippen molar-refractivity contribution in [1.82, 2.24) is 9.88 Å². The molecule has 0 aliphatic heterocycles. The number of likely N-dealkylation sites (N-methyl/N-ethyl adjacent to an activating group) is 1. The molecule has 2 N–H and O–H groups in total. The highest BCUT2D eigenvalue weighted by Crippen LogP contribution is 2.17. The first-order valence-corrected chi connectivity index (χ1v) is 6.04. The van der Waals surface area contributed by atoms with Crippen molar-refractivity contribution >= 4 is 22.5 Å². The highest BCUT2D eigenvalue weighted by atomic mass is 16.2. The molecule has 0 aliphatic carbocycles. The number of nitrogens with zero attached hydrogens (tertiary/aromatic N) is 1. The van der Waals surface area contributed by atoms with Crippen LogP contribution < -0.4 is 10.9 Å². The predicted octanol–water partition coefficient (Wildman–Crippen LogP) is 1.34. The minimum Gasteiger partial charge on any atom is -0.311 e. The number of carbonyl (C=O) groups excluding carboxylic acids is 1. The van der Waals surface area contributed by atoms with Crippen molar-refractivity contribution in [3.63, 3.8) is 0 Å². The average molecular weight is 259 g/mol. The lowest BCUT2D eigenvalue weighted by Crippen LogP contribution is -2.28. The molecule has 0 bridgehead atoms. The van der Waals surface area contributed by atoms with E-state index in [1.807, 2.05) is 33.2 Å². The van der Waals surface area contributed by atoms with Gasteiger partial charge in [-0.2, -0.15) is 0 Å². The lowest BCUT2D eigenvalue weighted by Gasteiger charge is -2.11. The Morgan fingerprint density at radius 2 is 2.05 bits per heavy atom. The van der Waals surface area contributed by atoms with Crippen LogP contribution in [0.25, 0.3) is 10.8 Å². The summed E-state index contributed by atoms with van der Waals surface area (Å²) in [4.78, 5) is 28.1. The van der Waals surface area contributed by atoms with E-state index in [9.17, 15) is 9.59 Å². The SMILES string of the molecule is Cc1cccc2c(=O)[nH]c(NC(=O)CN(C)C)cc12. The van der Waals surface area contributed by atoms with Crippen LogP contribution >= 0.6 is 0 Å². The van der Waals surface area contributed by atoms with Crippen LogP contribution in [-0.2, 0) is 4.79 Å². The summed E-state index contributed by atoms with van der Waals surface area (Å²) in [7, 11) is 3.62. The van der Waals surface area contributed by atoms with Gasteiger partial charge in [0.05, 0.1) is 6.54 Å². The van der Waals surface area contributed by atoms with Crippen molar-refractivity contribution in [1.29, 1.82) is 0 Å². The number of aromatic amines is 1. The number of anilines is 1. The van der Waals surface area contributed by atoms with E-state index in [0.717, 1.165) is 10.9 Å². The molecule has 0 saturated carbocycles. The Hall–Kier alpha value is -2.14. The first kappa shape index (κ1) is 13.3. The smallest absolute Gasteiger partial charge is 0.257 e. The molecule has 2 rings (SSSR count). The van der Waals surface area contributed by atoms with Crippen molar-refractivity contribution in [2.24, 2.45) is 0 Å². The van der Waals surface area contributed by atoms with Gasteiger partial charge in [0.1, 0.15) is 5.82 Å². The number of H-pyrrole nitrogens is 1. The fourth-order valence-electron chi connectivity index (χ4n) is 1.98. The third-order valence-electron chi connectivity index (χ3n) is 2.84. The Morgan fingerprint density at radius 1 is 1.32 bits per heavy atom. The zero-order valence-electron chi connectivity index (χ0n) is 11.3. The van der Waals surface area contributed by atoms with Gasteiger partial charge in [-0.1, -0.05) is 12.1 Å². The van der Waals surface area contributed by atoms with Gasteiger partial charge >= 0.3 is 0 Å². The number of aryl methyl sites for hydroxylation is 1. The van der Waals surface area contributed by atoms with Crippen LogP contribution in [-0.4, -0.2) is 36.4 Å². The van der Waals surface area contributed by atoms with Crippen molar-refractivity contribution < 1.29 is 4.79 Å². The van der Waals surface area contributed by atoms with Crippen LogP contribution in [0, 0.1) is 6.92 Å². The molecule has 0 unspecified atom stereocenters. The molecule has 0 aliphatic rings. The third-order valence-corrected chi connectivity index (χ3v) is 2.84. The first-order valence-electron chi connectivity index (χ1n) is 6.04. The monoisotopic (exact) mass is 259 g/mol. The van der Waals surface area contributed by atoms with Crippen LogP contribution in [0.15, 0.2) is 29.1 Å². The number of amides is 1. The minimum atomic E-state index is -0.193. The fraction of sp³-hybridized carbons (Fsp3) is 0.286. The van der Waals surface area contributed by atoms with Crippen LogP contribution in [0.2, 0.25) is 0 Å². The second kappa shape index (κ2) is 5.24. The summed E-state index contributed by atoms with van der Waals surface area (Å²) in [6.07, 6.45) is 0. The second-order valence-corrected chi connectivity index (χ2v) is 4.83. The van der Waals surface area contributed by atoms with Gasteiger partial charge in [0.2, 0.25) is 5.91 Å². The number of fused-ring (bicyclic) bond motifs is 1. The summed E-state index contributed by atoms with van der Waals surface area (Å²) in [5.74, 6) is 0.271. The fourth-order valence-corrected chi connectivity index (χ4v) is 1.98. The van der Waals surface area contributed by atoms with Gasteiger partial charge in [-0.15, -0.1) is 0 Å². The number of aromatic nitrogens is 1. The molecule has 0 fully saturated rings. The van der Waals surface area contributed by atoms with E-state index in [2.05, 4.69) is 10.3 Å². The Labute approximate surface area is 111 Å². The molecule has 19 heavy (non-hydrogen) atoms. The second-order valence-electron chi connectivity index (χ2n) is 4.83. The molecular formula is C14H17N3O2. The van der Waals surface area contributed by atoms with E-state index in [1.165, 1.54) is 0 Å². The van der Waals surface area contributed by atoms with Gasteiger partial charge in [0, 0.05) is 5.39 Å². The highest BCUT2D eigenvalue weighted by Gasteiger charge is 2.07. The number of hydrogen-bond acceptors (Lipinski definition) is 3. The molecule has 2 aromatic rings. The molecule has 0 spiro atoms. The van der Waals surface area contributed by atoms with Crippen LogP contribution in [0.3, 0.4) is 0 Å². The molecule has 1 heterocycles. The van der Waals surface area contributed by atoms with E-state index in [1.54, 1.807) is 17.0 Å². The van der Waals surface area contributed by atoms with Crippen molar-refractivity contribution in [2.45, 2.75) is 6.92 Å². The molecule has 1 amide bonds. The maximum atomic E-state index is 11.9. The molecule has 100 valence electrons. The molecule has 1 aromatic heterocycles. The van der Waals surface area contributed by atoms with Gasteiger partial charge < -0.3 is 15.2 Å². The largest absolute Gasteiger partial charge is 0.311 e. The van der Waals surface area contributed by atoms with Crippen molar-refractivity contribution in [3.8, 4) is 0 Å². The molecule has 5 nitrogen and oxygen atoms in total. The number of rotatable bonds is 3. The lowest BCUT2D eigenvalue weighted by atomic mass is 10.1. The zero-order valence-corrected chi connectivity index (χ0v) is 11.3. The van der Waals surface area contributed by atoms with Crippen molar-refractivity contribution in [3.05, 3.63) is 40.2 Å². The van der Waals surface area contributed by atoms with E-state index >= 15 is 0 Å². The minimum absolute atomic E-state index is 0.159. The highest BCUT2D eigenvalue weighted by molar-refractivity contribution is 5.94. The molecule has 5 heteroatoms. The number of benzene rings is 1. The molecule has 0 radical (unpaired) electrons. The Morgan fingerprint density at radius 3 is 2.74 bits per heavy atom. The molecule has 1 aromatic carbocycles. The summed E-state index contributed by atoms with van der Waals surface area (Å²) >= 11 is 0. The number of nitrogens with one attached hydrogen (secondary N) is 2. The quantitative estimate of drug-likeness (QED) is 0.874. The molecule has 0 saturated heterocycles. The van der Waals surface area contributed by atoms with E-state index in [4.69, 9.17) is 0 Å². The maximum Gasteiger partial charge on any atom is 0.257 e. The Bertz CT molecular complexity index is 674. The number of carbonyl (C=O) groups is 1. The molecule has 0 atom stereocenters. The predicted molar refractivity (Wildman–Crippen MR) is 76.5 cm³/mol. The molecular weight excluding hydrogens is 242 g/mol. The number of pyridine rings is 1. The normalized spacial score (nSPS) is 10.9. The first-order chi connectivity index (χ1) is 8.97. The van der Waals surface area contributed by atoms with Gasteiger partial charge in [-0.3, -0.25) is 9.59 Å². The van der Waals surface area contributed by atoms with E-state index in [0.29, 0.717) is 11.2 Å². The summed E-state index contributed by atoms with van der Waals surface area (Å²) in [6.45, 7) is 2.21. The average Bonchev–Trinajstić information content (AvgIpc) is 2.29. The van der Waals surface area contributed by atoms with Crippen LogP contribution in [0.1, 0.15) is 5.56 Å². The summed E-state index contributed by atoms with van der Waals surface area (Å²) in [5, 5.41) is 4.18. The Kier molecular flexibility index (Phi) is 3.66. The summed E-state index contributed by atoms with van der Waals surface area (Å²) < 4.78 is 0. The van der Waals surface area contributed by atoms with Crippen LogP contribution in [0.5, 0.6) is 0 Å². The Balaban J connectivity index is 2.38. The van der Waals surface area contributed by atoms with Gasteiger partial charge in [-0.05, 0) is 44.1 Å². The zero-order chi connectivity index (χ0) is 14.0. The van der Waals surface area contributed by atoms with Crippen molar-refractivity contribution in [2.75, 3.05) is 26.0 Å². The van der Waals surface area contributed by atoms with E-state index in [-0.39, 0.29) is 18.0 Å². The lowest BCUT2D eigenvalue weighted by molar-refractivity contribution is -0.116. The van der Waals surface area contributed by atoms with Gasteiger partial charge in [0.15, 0.2) is 0 Å². The standard InChI is InChI=1S/C14H17N3O2/c1-9-5-4-6-10-11(9)7-12(16-14(10)19)15-13(18)8-17(2)3/h4-7H,8H2,1-3H3,(H2,15,16,18,19). The van der Waals surface area contributed by atoms with E-state index < -0.39 is 0 Å². The van der Waals surface area contributed by atoms with Gasteiger partial charge in [0.25, 0.3) is 5.56 Å². The summed E-state index contributed by atoms with van der Waals surface area (Å²) in [5.41, 5.74) is 0.813. The summed E-state index contributed by atoms with van der Waals surface area (Å²) in [6, 6.07) is 7.34. The van der Waals surface area contributed by atoms with Gasteiger partial charge in [-0.25, -0.2) is 0 Å². The topological polar surface area (TPSA) is 65.2 Å². The van der Waals surface area contributed by atoms with Crippen LogP contribution in [0.4, 0.5) is 5.82 Å².